The molecule has 1 amide bonds. The highest BCUT2D eigenvalue weighted by Crippen LogP contribution is 2.19. The molecule has 0 bridgehead atoms. The van der Waals surface area contributed by atoms with Crippen LogP contribution in [0.1, 0.15) is 29.3 Å². The number of imidazole rings is 1. The van der Waals surface area contributed by atoms with E-state index in [1.165, 1.54) is 0 Å². The van der Waals surface area contributed by atoms with E-state index in [-0.39, 0.29) is 12.3 Å². The van der Waals surface area contributed by atoms with E-state index in [1.54, 1.807) is 24.3 Å². The zero-order valence-electron chi connectivity index (χ0n) is 13.2. The van der Waals surface area contributed by atoms with Crippen LogP contribution in [0.25, 0.3) is 5.65 Å². The first-order valence-corrected chi connectivity index (χ1v) is 8.04. The molecule has 0 fully saturated rings. The average Bonchev–Trinajstić information content (AvgIpc) is 2.98. The molecule has 3 rings (SSSR count). The molecule has 0 aliphatic heterocycles. The first-order chi connectivity index (χ1) is 11.5. The first kappa shape index (κ1) is 16.5. The number of hydrogen-bond donors (Lipinski definition) is 2. The number of pyridine rings is 1. The molecule has 5 nitrogen and oxygen atoms in total. The van der Waals surface area contributed by atoms with Gasteiger partial charge in [0.1, 0.15) is 5.65 Å². The molecule has 24 heavy (non-hydrogen) atoms. The number of fused-ring (bicyclic) bond motifs is 1. The largest absolute Gasteiger partial charge is 0.388 e. The van der Waals surface area contributed by atoms with Gasteiger partial charge in [0.2, 0.25) is 5.91 Å². The summed E-state index contributed by atoms with van der Waals surface area (Å²) in [7, 11) is 0. The third-order valence-corrected chi connectivity index (χ3v) is 4.08. The summed E-state index contributed by atoms with van der Waals surface area (Å²) in [5.41, 5.74) is 3.40. The van der Waals surface area contributed by atoms with Gasteiger partial charge in [-0.2, -0.15) is 0 Å². The molecule has 0 aliphatic rings. The fraction of sp³-hybridized carbons (Fsp3) is 0.222. The van der Waals surface area contributed by atoms with E-state index < -0.39 is 6.10 Å². The molecular weight excluding hydrogens is 326 g/mol. The summed E-state index contributed by atoms with van der Waals surface area (Å²) in [6.45, 7) is 2.32. The highest BCUT2D eigenvalue weighted by atomic mass is 35.5. The Labute approximate surface area is 144 Å². The normalized spacial score (nSPS) is 12.3. The Morgan fingerprint density at radius 3 is 2.79 bits per heavy atom. The Bertz CT molecular complexity index is 858. The van der Waals surface area contributed by atoms with E-state index in [2.05, 4.69) is 10.3 Å². The molecular formula is C18H18ClN3O2. The molecule has 6 heteroatoms. The monoisotopic (exact) mass is 343 g/mol. The summed E-state index contributed by atoms with van der Waals surface area (Å²) >= 11 is 5.81. The molecule has 0 saturated heterocycles. The van der Waals surface area contributed by atoms with Crippen LogP contribution in [0.2, 0.25) is 5.02 Å². The van der Waals surface area contributed by atoms with Crippen LogP contribution in [-0.4, -0.2) is 20.4 Å². The summed E-state index contributed by atoms with van der Waals surface area (Å²) in [4.78, 5) is 16.5. The van der Waals surface area contributed by atoms with Crippen molar-refractivity contribution in [1.29, 1.82) is 0 Å². The standard InChI is InChI=1S/C18H18ClN3O2/c1-12-3-2-8-22-11-15(21-18(12)22)10-20-17(24)9-16(23)13-4-6-14(19)7-5-13/h2-8,11,16,23H,9-10H2,1H3,(H,20,24). The number of aryl methyl sites for hydroxylation is 1. The van der Waals surface area contributed by atoms with Gasteiger partial charge in [-0.15, -0.1) is 0 Å². The Hall–Kier alpha value is -2.37. The van der Waals surface area contributed by atoms with Crippen LogP contribution in [0.15, 0.2) is 48.8 Å². The smallest absolute Gasteiger partial charge is 0.223 e. The highest BCUT2D eigenvalue weighted by molar-refractivity contribution is 6.30. The molecule has 2 aromatic heterocycles. The summed E-state index contributed by atoms with van der Waals surface area (Å²) in [5, 5.41) is 13.5. The van der Waals surface area contributed by atoms with Gasteiger partial charge in [-0.3, -0.25) is 4.79 Å². The average molecular weight is 344 g/mol. The summed E-state index contributed by atoms with van der Waals surface area (Å²) in [6.07, 6.45) is 2.95. The zero-order chi connectivity index (χ0) is 17.1. The van der Waals surface area contributed by atoms with E-state index in [4.69, 9.17) is 11.6 Å². The Morgan fingerprint density at radius 2 is 2.08 bits per heavy atom. The number of carbonyl (C=O) groups is 1. The highest BCUT2D eigenvalue weighted by Gasteiger charge is 2.13. The van der Waals surface area contributed by atoms with Crippen molar-refractivity contribution in [2.24, 2.45) is 0 Å². The number of halogens is 1. The minimum Gasteiger partial charge on any atom is -0.388 e. The summed E-state index contributed by atoms with van der Waals surface area (Å²) in [6, 6.07) is 10.8. The summed E-state index contributed by atoms with van der Waals surface area (Å²) < 4.78 is 1.93. The molecule has 1 atom stereocenters. The van der Waals surface area contributed by atoms with Crippen LogP contribution >= 0.6 is 11.6 Å². The first-order valence-electron chi connectivity index (χ1n) is 7.66. The van der Waals surface area contributed by atoms with Crippen molar-refractivity contribution in [3.63, 3.8) is 0 Å². The van der Waals surface area contributed by atoms with Crippen molar-refractivity contribution in [3.8, 4) is 0 Å². The lowest BCUT2D eigenvalue weighted by molar-refractivity contribution is -0.123. The van der Waals surface area contributed by atoms with Crippen LogP contribution in [-0.2, 0) is 11.3 Å². The van der Waals surface area contributed by atoms with E-state index in [1.807, 2.05) is 35.9 Å². The molecule has 0 saturated carbocycles. The number of nitrogens with one attached hydrogen (secondary N) is 1. The van der Waals surface area contributed by atoms with Crippen molar-refractivity contribution in [2.45, 2.75) is 26.0 Å². The molecule has 1 unspecified atom stereocenters. The number of benzene rings is 1. The van der Waals surface area contributed by atoms with Crippen molar-refractivity contribution < 1.29 is 9.90 Å². The Morgan fingerprint density at radius 1 is 1.33 bits per heavy atom. The number of rotatable bonds is 5. The molecule has 3 aromatic rings. The van der Waals surface area contributed by atoms with Crippen molar-refractivity contribution in [3.05, 3.63) is 70.6 Å². The molecule has 0 aliphatic carbocycles. The quantitative estimate of drug-likeness (QED) is 0.748. The van der Waals surface area contributed by atoms with Crippen LogP contribution in [0.5, 0.6) is 0 Å². The number of hydrogen-bond acceptors (Lipinski definition) is 3. The Kier molecular flexibility index (Phi) is 4.83. The molecule has 1 aromatic carbocycles. The predicted octanol–water partition coefficient (Wildman–Crippen LogP) is 3.04. The second-order valence-electron chi connectivity index (χ2n) is 5.70. The number of nitrogens with zero attached hydrogens (tertiary/aromatic N) is 2. The minimum absolute atomic E-state index is 0.00592. The predicted molar refractivity (Wildman–Crippen MR) is 92.8 cm³/mol. The molecule has 2 heterocycles. The number of aliphatic hydroxyl groups excluding tert-OH is 1. The van der Waals surface area contributed by atoms with Gasteiger partial charge >= 0.3 is 0 Å². The number of aliphatic hydroxyl groups is 1. The van der Waals surface area contributed by atoms with Crippen molar-refractivity contribution >= 4 is 23.2 Å². The van der Waals surface area contributed by atoms with Gasteiger partial charge in [-0.1, -0.05) is 29.8 Å². The van der Waals surface area contributed by atoms with Gasteiger partial charge in [0.05, 0.1) is 24.8 Å². The molecule has 0 spiro atoms. The fourth-order valence-electron chi connectivity index (χ4n) is 2.53. The third kappa shape index (κ3) is 3.75. The third-order valence-electron chi connectivity index (χ3n) is 3.83. The van der Waals surface area contributed by atoms with Gasteiger partial charge < -0.3 is 14.8 Å². The van der Waals surface area contributed by atoms with Gasteiger partial charge in [-0.25, -0.2) is 4.98 Å². The zero-order valence-corrected chi connectivity index (χ0v) is 14.0. The maximum absolute atomic E-state index is 12.0. The van der Waals surface area contributed by atoms with Crippen molar-refractivity contribution in [1.82, 2.24) is 14.7 Å². The second-order valence-corrected chi connectivity index (χ2v) is 6.14. The van der Waals surface area contributed by atoms with Crippen LogP contribution in [0.3, 0.4) is 0 Å². The SMILES string of the molecule is Cc1cccn2cc(CNC(=O)CC(O)c3ccc(Cl)cc3)nc12. The number of amides is 1. The van der Waals surface area contributed by atoms with Gasteiger partial charge in [0, 0.05) is 17.4 Å². The van der Waals surface area contributed by atoms with E-state index in [9.17, 15) is 9.90 Å². The second kappa shape index (κ2) is 7.03. The molecule has 124 valence electrons. The number of carbonyl (C=O) groups excluding carboxylic acids is 1. The van der Waals surface area contributed by atoms with E-state index >= 15 is 0 Å². The van der Waals surface area contributed by atoms with E-state index in [0.29, 0.717) is 17.1 Å². The van der Waals surface area contributed by atoms with Crippen LogP contribution in [0.4, 0.5) is 0 Å². The lowest BCUT2D eigenvalue weighted by Gasteiger charge is -2.11. The van der Waals surface area contributed by atoms with Crippen LogP contribution in [0, 0.1) is 6.92 Å². The van der Waals surface area contributed by atoms with Gasteiger partial charge in [0.15, 0.2) is 0 Å². The lowest BCUT2D eigenvalue weighted by atomic mass is 10.1. The van der Waals surface area contributed by atoms with Crippen molar-refractivity contribution in [2.75, 3.05) is 0 Å². The van der Waals surface area contributed by atoms with Gasteiger partial charge in [0.25, 0.3) is 0 Å². The maximum atomic E-state index is 12.0. The summed E-state index contributed by atoms with van der Waals surface area (Å²) in [5.74, 6) is -0.230. The molecule has 0 radical (unpaired) electrons. The Balaban J connectivity index is 1.58. The maximum Gasteiger partial charge on any atom is 0.223 e. The topological polar surface area (TPSA) is 66.6 Å². The van der Waals surface area contributed by atoms with Gasteiger partial charge in [-0.05, 0) is 36.2 Å². The van der Waals surface area contributed by atoms with Crippen LogP contribution < -0.4 is 5.32 Å². The lowest BCUT2D eigenvalue weighted by Crippen LogP contribution is -2.24. The number of aromatic nitrogens is 2. The fourth-order valence-corrected chi connectivity index (χ4v) is 2.66. The van der Waals surface area contributed by atoms with E-state index in [0.717, 1.165) is 16.9 Å². The minimum atomic E-state index is -0.856. The molecule has 2 N–H and O–H groups in total.